The van der Waals surface area contributed by atoms with Crippen LogP contribution in [0.2, 0.25) is 0 Å². The van der Waals surface area contributed by atoms with Gasteiger partial charge in [0.1, 0.15) is 0 Å². The van der Waals surface area contributed by atoms with E-state index in [9.17, 15) is 0 Å². The maximum Gasteiger partial charge on any atom is 0.413 e. The third-order valence-corrected chi connectivity index (χ3v) is 1.10. The van der Waals surface area contributed by atoms with Gasteiger partial charge in [-0.15, -0.1) is 0 Å². The molecular formula is C6H14O5. The Labute approximate surface area is 66.1 Å². The van der Waals surface area contributed by atoms with Crippen LogP contribution in [0.15, 0.2) is 0 Å². The van der Waals surface area contributed by atoms with Crippen LogP contribution in [0.3, 0.4) is 0 Å². The number of rotatable bonds is 6. The first-order valence-electron chi connectivity index (χ1n) is 3.03. The maximum absolute atomic E-state index is 4.94. The van der Waals surface area contributed by atoms with Gasteiger partial charge in [-0.1, -0.05) is 0 Å². The molecular weight excluding hydrogens is 152 g/mol. The summed E-state index contributed by atoms with van der Waals surface area (Å²) in [7, 11) is 5.71. The lowest BCUT2D eigenvalue weighted by Crippen LogP contribution is -2.39. The molecule has 11 heavy (non-hydrogen) atoms. The molecule has 0 amide bonds. The van der Waals surface area contributed by atoms with Crippen LogP contribution < -0.4 is 0 Å². The molecule has 0 aliphatic rings. The summed E-state index contributed by atoms with van der Waals surface area (Å²) in [6.45, 7) is 0.0372. The molecule has 0 saturated heterocycles. The lowest BCUT2D eigenvalue weighted by Gasteiger charge is -2.26. The van der Waals surface area contributed by atoms with Crippen LogP contribution in [0.25, 0.3) is 0 Å². The van der Waals surface area contributed by atoms with Crippen molar-refractivity contribution in [2.75, 3.05) is 35.2 Å². The highest BCUT2D eigenvalue weighted by atomic mass is 17.0. The summed E-state index contributed by atoms with van der Waals surface area (Å²) in [5.74, 6) is 0. The van der Waals surface area contributed by atoms with E-state index >= 15 is 0 Å². The first kappa shape index (κ1) is 10.8. The summed E-state index contributed by atoms with van der Waals surface area (Å²) in [5.41, 5.74) is 0. The van der Waals surface area contributed by atoms with E-state index in [1.807, 2.05) is 0 Å². The second kappa shape index (κ2) is 5.45. The van der Waals surface area contributed by atoms with Crippen LogP contribution in [0.1, 0.15) is 0 Å². The Morgan fingerprint density at radius 2 is 1.36 bits per heavy atom. The van der Waals surface area contributed by atoms with Gasteiger partial charge >= 0.3 is 6.16 Å². The van der Waals surface area contributed by atoms with Crippen LogP contribution in [0, 0.1) is 0 Å². The molecule has 0 rings (SSSR count). The van der Waals surface area contributed by atoms with Gasteiger partial charge in [0.05, 0.1) is 0 Å². The Kier molecular flexibility index (Phi) is 5.35. The van der Waals surface area contributed by atoms with Gasteiger partial charge in [0.15, 0.2) is 6.79 Å². The number of hydrogen-bond acceptors (Lipinski definition) is 5. The topological polar surface area (TPSA) is 46.2 Å². The Morgan fingerprint density at radius 1 is 0.909 bits per heavy atom. The highest BCUT2D eigenvalue weighted by Crippen LogP contribution is 2.12. The molecule has 0 aromatic rings. The molecule has 5 nitrogen and oxygen atoms in total. The van der Waals surface area contributed by atoms with Gasteiger partial charge < -0.3 is 18.9 Å². The summed E-state index contributed by atoms with van der Waals surface area (Å²) >= 11 is 0. The van der Waals surface area contributed by atoms with Crippen molar-refractivity contribution in [1.29, 1.82) is 0 Å². The van der Waals surface area contributed by atoms with Crippen LogP contribution >= 0.6 is 0 Å². The van der Waals surface area contributed by atoms with Crippen molar-refractivity contribution in [3.05, 3.63) is 0 Å². The van der Waals surface area contributed by atoms with Gasteiger partial charge in [0.2, 0.25) is 0 Å². The highest BCUT2D eigenvalue weighted by Gasteiger charge is 2.31. The first-order valence-corrected chi connectivity index (χ1v) is 3.03. The molecule has 0 aliphatic carbocycles. The lowest BCUT2D eigenvalue weighted by molar-refractivity contribution is -0.489. The van der Waals surface area contributed by atoms with Crippen molar-refractivity contribution in [3.8, 4) is 0 Å². The van der Waals surface area contributed by atoms with E-state index < -0.39 is 6.16 Å². The summed E-state index contributed by atoms with van der Waals surface area (Å²) in [6, 6.07) is 0. The lowest BCUT2D eigenvalue weighted by atomic mass is 11.0. The second-order valence-electron chi connectivity index (χ2n) is 1.66. The molecule has 0 spiro atoms. The molecule has 0 N–H and O–H groups in total. The van der Waals surface area contributed by atoms with E-state index in [0.29, 0.717) is 0 Å². The van der Waals surface area contributed by atoms with Gasteiger partial charge in [-0.25, -0.2) is 0 Å². The van der Waals surface area contributed by atoms with E-state index in [1.165, 1.54) is 28.4 Å². The van der Waals surface area contributed by atoms with Gasteiger partial charge in [0.25, 0.3) is 0 Å². The number of ether oxygens (including phenoxy) is 5. The average molecular weight is 166 g/mol. The summed E-state index contributed by atoms with van der Waals surface area (Å²) in [4.78, 5) is 0. The normalized spacial score (nSPS) is 12.0. The maximum atomic E-state index is 4.94. The molecule has 0 heterocycles. The zero-order valence-corrected chi connectivity index (χ0v) is 7.25. The molecule has 0 fully saturated rings. The minimum absolute atomic E-state index is 0.0372. The van der Waals surface area contributed by atoms with Gasteiger partial charge in [-0.3, -0.25) is 4.74 Å². The quantitative estimate of drug-likeness (QED) is 0.526. The van der Waals surface area contributed by atoms with Crippen LogP contribution in [-0.2, 0) is 23.7 Å². The van der Waals surface area contributed by atoms with Crippen LogP contribution in [0.4, 0.5) is 0 Å². The van der Waals surface area contributed by atoms with E-state index in [1.54, 1.807) is 0 Å². The predicted molar refractivity (Wildman–Crippen MR) is 36.7 cm³/mol. The van der Waals surface area contributed by atoms with Crippen molar-refractivity contribution < 1.29 is 23.7 Å². The van der Waals surface area contributed by atoms with E-state index in [0.717, 1.165) is 0 Å². The fourth-order valence-electron chi connectivity index (χ4n) is 0.558. The minimum atomic E-state index is -1.45. The third kappa shape index (κ3) is 3.13. The molecule has 0 unspecified atom stereocenters. The van der Waals surface area contributed by atoms with Crippen molar-refractivity contribution >= 4 is 0 Å². The van der Waals surface area contributed by atoms with Gasteiger partial charge in [0, 0.05) is 28.4 Å². The monoisotopic (exact) mass is 166 g/mol. The second-order valence-corrected chi connectivity index (χ2v) is 1.66. The summed E-state index contributed by atoms with van der Waals surface area (Å²) in [6.07, 6.45) is -1.45. The van der Waals surface area contributed by atoms with Crippen LogP contribution in [-0.4, -0.2) is 41.4 Å². The van der Waals surface area contributed by atoms with E-state index in [4.69, 9.17) is 18.9 Å². The molecule has 5 heteroatoms. The standard InChI is InChI=1S/C6H14O5/c1-7-5-11-6(8-2,9-3)10-4/h5H2,1-4H3. The van der Waals surface area contributed by atoms with Crippen molar-refractivity contribution in [1.82, 2.24) is 0 Å². The van der Waals surface area contributed by atoms with E-state index in [2.05, 4.69) is 4.74 Å². The zero-order chi connectivity index (χ0) is 8.74. The number of hydrogen-bond donors (Lipinski definition) is 0. The average Bonchev–Trinajstić information content (AvgIpc) is 2.08. The fraction of sp³-hybridized carbons (Fsp3) is 1.00. The van der Waals surface area contributed by atoms with Crippen molar-refractivity contribution in [3.63, 3.8) is 0 Å². The Balaban J connectivity index is 3.84. The zero-order valence-electron chi connectivity index (χ0n) is 7.25. The highest BCUT2D eigenvalue weighted by molar-refractivity contribution is 4.32. The number of methoxy groups -OCH3 is 4. The third-order valence-electron chi connectivity index (χ3n) is 1.10. The molecule has 68 valence electrons. The first-order chi connectivity index (χ1) is 5.24. The van der Waals surface area contributed by atoms with Crippen molar-refractivity contribution in [2.45, 2.75) is 6.16 Å². The van der Waals surface area contributed by atoms with Gasteiger partial charge in [-0.05, 0) is 0 Å². The molecule has 0 radical (unpaired) electrons. The summed E-state index contributed by atoms with van der Waals surface area (Å²) in [5, 5.41) is 0. The fourth-order valence-corrected chi connectivity index (χ4v) is 0.558. The molecule has 0 aromatic heterocycles. The predicted octanol–water partition coefficient (Wildman–Crippen LogP) is 0.157. The SMILES string of the molecule is COCOC(OC)(OC)OC. The molecule has 0 aliphatic heterocycles. The smallest absolute Gasteiger partial charge is 0.358 e. The Hall–Kier alpha value is -0.200. The molecule has 0 atom stereocenters. The summed E-state index contributed by atoms with van der Waals surface area (Å²) < 4.78 is 24.0. The largest absolute Gasteiger partial charge is 0.413 e. The molecule has 0 aromatic carbocycles. The Morgan fingerprint density at radius 3 is 1.64 bits per heavy atom. The Bertz CT molecular complexity index is 82.7. The minimum Gasteiger partial charge on any atom is -0.358 e. The molecule has 0 bridgehead atoms. The molecule has 0 saturated carbocycles. The van der Waals surface area contributed by atoms with Crippen LogP contribution in [0.5, 0.6) is 0 Å². The van der Waals surface area contributed by atoms with E-state index in [-0.39, 0.29) is 6.79 Å². The van der Waals surface area contributed by atoms with Crippen molar-refractivity contribution in [2.24, 2.45) is 0 Å². The van der Waals surface area contributed by atoms with Gasteiger partial charge in [-0.2, -0.15) is 0 Å².